The van der Waals surface area contributed by atoms with Crippen molar-refractivity contribution in [2.24, 2.45) is 0 Å². The van der Waals surface area contributed by atoms with Gasteiger partial charge in [0.25, 0.3) is 0 Å². The number of rotatable bonds is 33. The zero-order valence-corrected chi connectivity index (χ0v) is 34.2. The molecule has 0 aromatic heterocycles. The summed E-state index contributed by atoms with van der Waals surface area (Å²) in [7, 11) is -5.12. The fourth-order valence-electron chi connectivity index (χ4n) is 6.07. The van der Waals surface area contributed by atoms with Gasteiger partial charge in [-0.2, -0.15) is 8.42 Å². The Morgan fingerprint density at radius 2 is 1.22 bits per heavy atom. The van der Waals surface area contributed by atoms with Gasteiger partial charge in [0, 0.05) is 0 Å². The topological polar surface area (TPSA) is 212 Å². The minimum absolute atomic E-state index is 0.217. The number of unbranched alkanes of at least 4 members (excludes halogenated alkanes) is 14. The van der Waals surface area contributed by atoms with Gasteiger partial charge in [-0.3, -0.25) is 9.35 Å². The van der Waals surface area contributed by atoms with Crippen molar-refractivity contribution in [1.82, 2.24) is 5.32 Å². The lowest BCUT2D eigenvalue weighted by Gasteiger charge is -2.41. The Balaban J connectivity index is 2.73. The lowest BCUT2D eigenvalue weighted by atomic mass is 9.99. The number of aliphatic hydroxyl groups is 5. The van der Waals surface area contributed by atoms with Crippen molar-refractivity contribution >= 4 is 16.3 Å². The van der Waals surface area contributed by atoms with Crippen LogP contribution in [0.3, 0.4) is 0 Å². The van der Waals surface area contributed by atoms with Crippen LogP contribution in [0.15, 0.2) is 48.6 Å². The molecule has 0 aromatic rings. The van der Waals surface area contributed by atoms with E-state index in [1.54, 1.807) is 6.08 Å². The summed E-state index contributed by atoms with van der Waals surface area (Å²) in [5.41, 5.74) is 0. The first-order valence-corrected chi connectivity index (χ1v) is 22.0. The monoisotopic (exact) mass is 803 g/mol. The van der Waals surface area contributed by atoms with Crippen LogP contribution in [0.1, 0.15) is 142 Å². The first kappa shape index (κ1) is 51.0. The predicted octanol–water partition coefficient (Wildman–Crippen LogP) is 5.90. The van der Waals surface area contributed by atoms with Crippen LogP contribution in [-0.2, 0) is 28.9 Å². The normalized spacial score (nSPS) is 22.7. The summed E-state index contributed by atoms with van der Waals surface area (Å²) in [5.74, 6) is -0.731. The highest BCUT2D eigenvalue weighted by molar-refractivity contribution is 7.80. The van der Waals surface area contributed by atoms with Crippen LogP contribution in [0.2, 0.25) is 0 Å². The Bertz CT molecular complexity index is 1190. The minimum atomic E-state index is -5.12. The number of hydrogen-bond donors (Lipinski definition) is 7. The molecule has 1 saturated heterocycles. The van der Waals surface area contributed by atoms with E-state index in [4.69, 9.17) is 14.0 Å². The van der Waals surface area contributed by atoms with E-state index in [0.29, 0.717) is 12.8 Å². The van der Waals surface area contributed by atoms with Crippen molar-refractivity contribution < 1.29 is 57.0 Å². The molecule has 8 atom stereocenters. The van der Waals surface area contributed by atoms with Crippen molar-refractivity contribution in [3.8, 4) is 0 Å². The second-order valence-electron chi connectivity index (χ2n) is 14.3. The molecular formula is C41H73NO12S. The van der Waals surface area contributed by atoms with Gasteiger partial charge in [-0.1, -0.05) is 120 Å². The third-order valence-corrected chi connectivity index (χ3v) is 9.88. The van der Waals surface area contributed by atoms with E-state index in [1.807, 2.05) is 0 Å². The molecule has 0 aromatic carbocycles. The maximum Gasteiger partial charge on any atom is 0.397 e. The smallest absolute Gasteiger partial charge is 0.394 e. The molecule has 1 rings (SSSR count). The van der Waals surface area contributed by atoms with Crippen molar-refractivity contribution in [2.75, 3.05) is 13.2 Å². The maximum atomic E-state index is 13.0. The zero-order chi connectivity index (χ0) is 40.7. The number of ether oxygens (including phenoxy) is 2. The molecule has 1 aliphatic rings. The summed E-state index contributed by atoms with van der Waals surface area (Å²) in [4.78, 5) is 13.0. The molecular weight excluding hydrogens is 731 g/mol. The minimum Gasteiger partial charge on any atom is -0.394 e. The second-order valence-corrected chi connectivity index (χ2v) is 15.4. The Labute approximate surface area is 330 Å². The van der Waals surface area contributed by atoms with Crippen LogP contribution in [0.25, 0.3) is 0 Å². The summed E-state index contributed by atoms with van der Waals surface area (Å²) in [6.07, 6.45) is 25.0. The highest BCUT2D eigenvalue weighted by Crippen LogP contribution is 2.26. The largest absolute Gasteiger partial charge is 0.397 e. The number of allylic oxidation sites excluding steroid dienone is 7. The lowest BCUT2D eigenvalue weighted by molar-refractivity contribution is -0.298. The number of aliphatic hydroxyl groups excluding tert-OH is 5. The molecule has 13 nitrogen and oxygen atoms in total. The van der Waals surface area contributed by atoms with E-state index >= 15 is 0 Å². The van der Waals surface area contributed by atoms with E-state index in [0.717, 1.165) is 57.8 Å². The van der Waals surface area contributed by atoms with Gasteiger partial charge in [-0.05, 0) is 70.6 Å². The van der Waals surface area contributed by atoms with Crippen molar-refractivity contribution in [3.05, 3.63) is 48.6 Å². The number of amides is 1. The number of carbonyl (C=O) groups excluding carboxylic acids is 1. The van der Waals surface area contributed by atoms with Gasteiger partial charge < -0.3 is 40.3 Å². The van der Waals surface area contributed by atoms with Crippen LogP contribution < -0.4 is 5.32 Å². The van der Waals surface area contributed by atoms with Gasteiger partial charge >= 0.3 is 10.4 Å². The van der Waals surface area contributed by atoms with E-state index in [2.05, 4.69) is 59.8 Å². The van der Waals surface area contributed by atoms with Crippen LogP contribution in [0, 0.1) is 0 Å². The van der Waals surface area contributed by atoms with Gasteiger partial charge in [0.05, 0.1) is 25.4 Å². The molecule has 0 spiro atoms. The molecule has 0 aliphatic carbocycles. The van der Waals surface area contributed by atoms with Gasteiger partial charge in [0.2, 0.25) is 5.91 Å². The van der Waals surface area contributed by atoms with Crippen LogP contribution >= 0.6 is 0 Å². The van der Waals surface area contributed by atoms with Crippen LogP contribution in [0.4, 0.5) is 0 Å². The summed E-state index contributed by atoms with van der Waals surface area (Å²) in [5, 5.41) is 54.9. The highest BCUT2D eigenvalue weighted by atomic mass is 32.3. The molecule has 0 saturated carbocycles. The molecule has 8 unspecified atom stereocenters. The molecule has 7 N–H and O–H groups in total. The van der Waals surface area contributed by atoms with Crippen LogP contribution in [0.5, 0.6) is 0 Å². The average molecular weight is 804 g/mol. The molecule has 0 radical (unpaired) electrons. The quantitative estimate of drug-likeness (QED) is 0.0235. The van der Waals surface area contributed by atoms with Crippen molar-refractivity contribution in [2.45, 2.75) is 191 Å². The first-order valence-electron chi connectivity index (χ1n) is 20.6. The van der Waals surface area contributed by atoms with Crippen LogP contribution in [-0.4, -0.2) is 107 Å². The Morgan fingerprint density at radius 1 is 0.727 bits per heavy atom. The summed E-state index contributed by atoms with van der Waals surface area (Å²) < 4.78 is 47.3. The first-order chi connectivity index (χ1) is 26.4. The van der Waals surface area contributed by atoms with Gasteiger partial charge in [-0.25, -0.2) is 4.18 Å². The number of nitrogens with one attached hydrogen (secondary N) is 1. The molecule has 320 valence electrons. The van der Waals surface area contributed by atoms with Gasteiger partial charge in [0.1, 0.15) is 30.5 Å². The SMILES string of the molecule is CCCCC/C=C\CCCCCCC(O)C(=O)NC(COC1OC(CO)C(O)C(OS(=O)(=O)O)C1O)C(O)/C=C/CC/C=C/CC/C=C/CCCCCCC. The predicted molar refractivity (Wildman–Crippen MR) is 214 cm³/mol. The summed E-state index contributed by atoms with van der Waals surface area (Å²) in [6, 6.07) is -1.15. The average Bonchev–Trinajstić information content (AvgIpc) is 3.15. The maximum absolute atomic E-state index is 13.0. The fourth-order valence-corrected chi connectivity index (χ4v) is 6.58. The summed E-state index contributed by atoms with van der Waals surface area (Å²) in [6.45, 7) is 3.10. The summed E-state index contributed by atoms with van der Waals surface area (Å²) >= 11 is 0. The highest BCUT2D eigenvalue weighted by Gasteiger charge is 2.48. The third kappa shape index (κ3) is 25.1. The molecule has 1 heterocycles. The Kier molecular flexibility index (Phi) is 29.7. The van der Waals surface area contributed by atoms with E-state index in [9.17, 15) is 38.7 Å². The van der Waals surface area contributed by atoms with Gasteiger partial charge in [-0.15, -0.1) is 0 Å². The molecule has 0 bridgehead atoms. The molecule has 14 heteroatoms. The lowest BCUT2D eigenvalue weighted by Crippen LogP contribution is -2.61. The number of hydrogen-bond acceptors (Lipinski definition) is 11. The second kappa shape index (κ2) is 32.0. The van der Waals surface area contributed by atoms with Crippen molar-refractivity contribution in [3.63, 3.8) is 0 Å². The van der Waals surface area contributed by atoms with E-state index < -0.39 is 78.5 Å². The third-order valence-electron chi connectivity index (χ3n) is 9.42. The molecule has 55 heavy (non-hydrogen) atoms. The Hall–Kier alpha value is -1.98. The molecule has 1 fully saturated rings. The van der Waals surface area contributed by atoms with Crippen molar-refractivity contribution in [1.29, 1.82) is 0 Å². The van der Waals surface area contributed by atoms with Gasteiger partial charge in [0.15, 0.2) is 6.29 Å². The zero-order valence-electron chi connectivity index (χ0n) is 33.3. The molecule has 1 aliphatic heterocycles. The standard InChI is InChI=1S/C41H73NO12S/c1-3-5-7-9-11-13-15-16-17-18-20-21-23-25-27-29-34(44)33(32-52-41-38(47)39(54-55(49,50)51)37(46)36(31-43)53-41)42-40(48)35(45)30-28-26-24-22-19-14-12-10-8-6-4-2/h12,14-16,20-21,27,29,33-39,41,43-47H,3-11,13,17-19,22-26,28,30-32H2,1-2H3,(H,42,48)(H,49,50,51)/b14-12-,16-15+,21-20+,29-27+. The van der Waals surface area contributed by atoms with E-state index in [1.165, 1.54) is 57.4 Å². The fraction of sp³-hybridized carbons (Fsp3) is 0.780. The Morgan fingerprint density at radius 3 is 1.76 bits per heavy atom. The number of carbonyl (C=O) groups is 1. The molecule has 1 amide bonds. The van der Waals surface area contributed by atoms with E-state index in [-0.39, 0.29) is 6.42 Å².